The van der Waals surface area contributed by atoms with E-state index >= 15 is 0 Å². The van der Waals surface area contributed by atoms with Crippen molar-refractivity contribution in [3.63, 3.8) is 0 Å². The Morgan fingerprint density at radius 2 is 1.24 bits per heavy atom. The lowest BCUT2D eigenvalue weighted by Crippen LogP contribution is -2.19. The SMILES string of the molecule is C=CC(=O)OC(CCCCCCCCCCCC)CCCCCC(C)C(F)(F)F. The van der Waals surface area contributed by atoms with Crippen molar-refractivity contribution in [3.05, 3.63) is 12.7 Å². The number of carbonyl (C=O) groups is 1. The summed E-state index contributed by atoms with van der Waals surface area (Å²) < 4.78 is 43.0. The lowest BCUT2D eigenvalue weighted by Gasteiger charge is -2.18. The number of ether oxygens (including phenoxy) is 1. The first kappa shape index (κ1) is 28.0. The van der Waals surface area contributed by atoms with E-state index in [1.165, 1.54) is 64.4 Å². The van der Waals surface area contributed by atoms with Crippen LogP contribution in [-0.2, 0) is 9.53 Å². The van der Waals surface area contributed by atoms with E-state index in [-0.39, 0.29) is 12.5 Å². The van der Waals surface area contributed by atoms with Crippen molar-refractivity contribution >= 4 is 5.97 Å². The van der Waals surface area contributed by atoms with Gasteiger partial charge in [0, 0.05) is 6.08 Å². The van der Waals surface area contributed by atoms with E-state index < -0.39 is 18.1 Å². The van der Waals surface area contributed by atoms with Crippen molar-refractivity contribution in [2.24, 2.45) is 5.92 Å². The number of carbonyl (C=O) groups excluding carboxylic acids is 1. The Morgan fingerprint density at radius 1 is 0.828 bits per heavy atom. The predicted octanol–water partition coefficient (Wildman–Crippen LogP) is 8.54. The molecular weight excluding hydrogens is 377 g/mol. The Morgan fingerprint density at radius 3 is 1.69 bits per heavy atom. The Kier molecular flexibility index (Phi) is 17.2. The van der Waals surface area contributed by atoms with Gasteiger partial charge in [-0.1, -0.05) is 91.1 Å². The summed E-state index contributed by atoms with van der Waals surface area (Å²) in [5.74, 6) is -1.66. The molecule has 0 bridgehead atoms. The molecule has 0 rings (SSSR count). The van der Waals surface area contributed by atoms with Crippen molar-refractivity contribution in [3.8, 4) is 0 Å². The molecular formula is C24H43F3O2. The minimum atomic E-state index is -4.10. The van der Waals surface area contributed by atoms with Gasteiger partial charge >= 0.3 is 12.1 Å². The molecule has 2 atom stereocenters. The van der Waals surface area contributed by atoms with E-state index in [9.17, 15) is 18.0 Å². The number of hydrogen-bond acceptors (Lipinski definition) is 2. The summed E-state index contributed by atoms with van der Waals surface area (Å²) in [6.45, 7) is 6.91. The van der Waals surface area contributed by atoms with Crippen LogP contribution in [0, 0.1) is 5.92 Å². The molecule has 172 valence electrons. The Labute approximate surface area is 176 Å². The van der Waals surface area contributed by atoms with E-state index in [0.29, 0.717) is 6.42 Å². The Balaban J connectivity index is 3.88. The summed E-state index contributed by atoms with van der Waals surface area (Å²) in [6.07, 6.45) is 13.3. The number of alkyl halides is 3. The number of unbranched alkanes of at least 4 members (excludes halogenated alkanes) is 11. The summed E-state index contributed by atoms with van der Waals surface area (Å²) >= 11 is 0. The van der Waals surface area contributed by atoms with Crippen LogP contribution in [0.3, 0.4) is 0 Å². The molecule has 0 aliphatic rings. The maximum Gasteiger partial charge on any atom is 0.391 e. The van der Waals surface area contributed by atoms with Crippen LogP contribution in [0.1, 0.15) is 117 Å². The molecule has 0 heterocycles. The monoisotopic (exact) mass is 420 g/mol. The van der Waals surface area contributed by atoms with Crippen molar-refractivity contribution in [2.45, 2.75) is 129 Å². The molecule has 0 aromatic heterocycles. The highest BCUT2D eigenvalue weighted by molar-refractivity contribution is 5.81. The summed E-state index contributed by atoms with van der Waals surface area (Å²) in [7, 11) is 0. The zero-order valence-corrected chi connectivity index (χ0v) is 18.7. The zero-order valence-electron chi connectivity index (χ0n) is 18.7. The van der Waals surface area contributed by atoms with Crippen LogP contribution in [0.25, 0.3) is 0 Å². The minimum Gasteiger partial charge on any atom is -0.459 e. The van der Waals surface area contributed by atoms with Crippen molar-refractivity contribution in [2.75, 3.05) is 0 Å². The van der Waals surface area contributed by atoms with Crippen molar-refractivity contribution < 1.29 is 22.7 Å². The summed E-state index contributed by atoms with van der Waals surface area (Å²) in [5.41, 5.74) is 0. The second-order valence-electron chi connectivity index (χ2n) is 8.31. The van der Waals surface area contributed by atoms with Gasteiger partial charge < -0.3 is 4.74 Å². The number of esters is 1. The lowest BCUT2D eigenvalue weighted by molar-refractivity contribution is -0.171. The highest BCUT2D eigenvalue weighted by atomic mass is 19.4. The van der Waals surface area contributed by atoms with E-state index in [0.717, 1.165) is 38.5 Å². The van der Waals surface area contributed by atoms with E-state index in [4.69, 9.17) is 4.74 Å². The molecule has 2 unspecified atom stereocenters. The smallest absolute Gasteiger partial charge is 0.391 e. The average Bonchev–Trinajstić information content (AvgIpc) is 2.67. The first-order chi connectivity index (χ1) is 13.8. The molecule has 0 aliphatic carbocycles. The van der Waals surface area contributed by atoms with Gasteiger partial charge in [0.25, 0.3) is 0 Å². The molecule has 5 heteroatoms. The summed E-state index contributed by atoms with van der Waals surface area (Å²) in [6, 6.07) is 0. The van der Waals surface area contributed by atoms with Gasteiger partial charge in [-0.15, -0.1) is 0 Å². The second kappa shape index (κ2) is 17.8. The third kappa shape index (κ3) is 17.6. The highest BCUT2D eigenvalue weighted by Crippen LogP contribution is 2.30. The predicted molar refractivity (Wildman–Crippen MR) is 115 cm³/mol. The third-order valence-corrected chi connectivity index (χ3v) is 5.55. The van der Waals surface area contributed by atoms with Gasteiger partial charge in [-0.2, -0.15) is 13.2 Å². The Hall–Kier alpha value is -1.00. The molecule has 0 N–H and O–H groups in total. The van der Waals surface area contributed by atoms with Crippen LogP contribution in [0.2, 0.25) is 0 Å². The first-order valence-corrected chi connectivity index (χ1v) is 11.7. The van der Waals surface area contributed by atoms with Crippen LogP contribution >= 0.6 is 0 Å². The number of hydrogen-bond donors (Lipinski definition) is 0. The molecule has 0 aromatic rings. The van der Waals surface area contributed by atoms with Crippen LogP contribution < -0.4 is 0 Å². The van der Waals surface area contributed by atoms with E-state index in [1.54, 1.807) is 0 Å². The molecule has 0 aliphatic heterocycles. The molecule has 0 spiro atoms. The highest BCUT2D eigenvalue weighted by Gasteiger charge is 2.34. The van der Waals surface area contributed by atoms with Gasteiger partial charge in [-0.05, 0) is 32.1 Å². The van der Waals surface area contributed by atoms with Gasteiger partial charge in [-0.25, -0.2) is 4.79 Å². The molecule has 0 saturated carbocycles. The molecule has 0 radical (unpaired) electrons. The summed E-state index contributed by atoms with van der Waals surface area (Å²) in [4.78, 5) is 11.5. The average molecular weight is 421 g/mol. The van der Waals surface area contributed by atoms with Crippen molar-refractivity contribution in [1.82, 2.24) is 0 Å². The Bertz CT molecular complexity index is 407. The molecule has 2 nitrogen and oxygen atoms in total. The molecule has 0 amide bonds. The largest absolute Gasteiger partial charge is 0.459 e. The maximum absolute atomic E-state index is 12.5. The fourth-order valence-corrected chi connectivity index (χ4v) is 3.50. The quantitative estimate of drug-likeness (QED) is 0.119. The van der Waals surface area contributed by atoms with Gasteiger partial charge in [0.2, 0.25) is 0 Å². The van der Waals surface area contributed by atoms with Crippen molar-refractivity contribution in [1.29, 1.82) is 0 Å². The molecule has 0 fully saturated rings. The lowest BCUT2D eigenvalue weighted by atomic mass is 9.99. The maximum atomic E-state index is 12.5. The van der Waals surface area contributed by atoms with E-state index in [1.807, 2.05) is 0 Å². The topological polar surface area (TPSA) is 26.3 Å². The molecule has 0 aromatic carbocycles. The third-order valence-electron chi connectivity index (χ3n) is 5.55. The van der Waals surface area contributed by atoms with Crippen LogP contribution in [-0.4, -0.2) is 18.2 Å². The van der Waals surface area contributed by atoms with Gasteiger partial charge in [0.15, 0.2) is 0 Å². The second-order valence-corrected chi connectivity index (χ2v) is 8.31. The van der Waals surface area contributed by atoms with Crippen LogP contribution in [0.15, 0.2) is 12.7 Å². The van der Waals surface area contributed by atoms with E-state index in [2.05, 4.69) is 13.5 Å². The number of rotatable bonds is 19. The van der Waals surface area contributed by atoms with Crippen LogP contribution in [0.5, 0.6) is 0 Å². The molecule has 29 heavy (non-hydrogen) atoms. The minimum absolute atomic E-state index is 0.144. The standard InChI is InChI=1S/C24H43F3O2/c1-4-6-7-8-9-10-11-12-13-16-19-22(29-23(28)5-2)20-17-14-15-18-21(3)24(25,26)27/h5,21-22H,2,4,6-20H2,1,3H3. The number of halogens is 3. The van der Waals surface area contributed by atoms with Gasteiger partial charge in [0.1, 0.15) is 6.10 Å². The first-order valence-electron chi connectivity index (χ1n) is 11.7. The summed E-state index contributed by atoms with van der Waals surface area (Å²) in [5, 5.41) is 0. The zero-order chi connectivity index (χ0) is 22.0. The van der Waals surface area contributed by atoms with Crippen LogP contribution in [0.4, 0.5) is 13.2 Å². The fraction of sp³-hybridized carbons (Fsp3) is 0.875. The van der Waals surface area contributed by atoms with Gasteiger partial charge in [-0.3, -0.25) is 0 Å². The molecule has 0 saturated heterocycles. The fourth-order valence-electron chi connectivity index (χ4n) is 3.50. The normalized spacial score (nSPS) is 13.8. The van der Waals surface area contributed by atoms with Gasteiger partial charge in [0.05, 0.1) is 5.92 Å².